The van der Waals surface area contributed by atoms with Crippen molar-refractivity contribution in [2.75, 3.05) is 5.32 Å². The molecule has 5 nitrogen and oxygen atoms in total. The van der Waals surface area contributed by atoms with Crippen molar-refractivity contribution in [1.29, 1.82) is 0 Å². The highest BCUT2D eigenvalue weighted by molar-refractivity contribution is 5.87. The molecule has 1 aromatic carbocycles. The molecule has 2 heterocycles. The van der Waals surface area contributed by atoms with Gasteiger partial charge in [0, 0.05) is 5.54 Å². The van der Waals surface area contributed by atoms with Gasteiger partial charge in [0.05, 0.1) is 17.3 Å². The summed E-state index contributed by atoms with van der Waals surface area (Å²) in [6, 6.07) is 9.99. The van der Waals surface area contributed by atoms with Crippen LogP contribution in [0.5, 0.6) is 0 Å². The normalized spacial score (nSPS) is 11.8. The first-order valence-corrected chi connectivity index (χ1v) is 7.13. The van der Waals surface area contributed by atoms with Crippen molar-refractivity contribution in [2.45, 2.75) is 32.7 Å². The van der Waals surface area contributed by atoms with Crippen LogP contribution in [0.2, 0.25) is 0 Å². The van der Waals surface area contributed by atoms with Crippen molar-refractivity contribution in [1.82, 2.24) is 19.7 Å². The van der Waals surface area contributed by atoms with Crippen LogP contribution >= 0.6 is 0 Å². The van der Waals surface area contributed by atoms with Crippen LogP contribution < -0.4 is 5.32 Å². The molecule has 0 aliphatic carbocycles. The molecule has 3 rings (SSSR count). The molecule has 3 aromatic rings. The van der Waals surface area contributed by atoms with Crippen molar-refractivity contribution in [3.8, 4) is 5.69 Å². The highest BCUT2D eigenvalue weighted by Gasteiger charge is 2.18. The van der Waals surface area contributed by atoms with Gasteiger partial charge in [-0.15, -0.1) is 0 Å². The van der Waals surface area contributed by atoms with E-state index in [1.54, 1.807) is 6.33 Å². The van der Waals surface area contributed by atoms with Gasteiger partial charge in [0.15, 0.2) is 5.65 Å². The summed E-state index contributed by atoms with van der Waals surface area (Å²) >= 11 is 0. The molecule has 0 atom stereocenters. The fraction of sp³-hybridized carbons (Fsp3) is 0.312. The maximum Gasteiger partial charge on any atom is 0.168 e. The highest BCUT2D eigenvalue weighted by atomic mass is 15.3. The lowest BCUT2D eigenvalue weighted by Crippen LogP contribution is -2.30. The zero-order chi connectivity index (χ0) is 14.9. The molecule has 0 aliphatic rings. The molecular weight excluding hydrogens is 262 g/mol. The average Bonchev–Trinajstić information content (AvgIpc) is 2.93. The first-order valence-electron chi connectivity index (χ1n) is 7.13. The minimum absolute atomic E-state index is 0.0177. The molecule has 1 N–H and O–H groups in total. The number of rotatable bonds is 4. The van der Waals surface area contributed by atoms with Crippen molar-refractivity contribution < 1.29 is 0 Å². The van der Waals surface area contributed by atoms with E-state index in [4.69, 9.17) is 0 Å². The maximum absolute atomic E-state index is 4.46. The molecule has 108 valence electrons. The number of benzene rings is 1. The van der Waals surface area contributed by atoms with Crippen molar-refractivity contribution in [3.63, 3.8) is 0 Å². The Kier molecular flexibility index (Phi) is 3.33. The van der Waals surface area contributed by atoms with E-state index in [2.05, 4.69) is 41.2 Å². The monoisotopic (exact) mass is 281 g/mol. The van der Waals surface area contributed by atoms with E-state index in [1.165, 1.54) is 0 Å². The third kappa shape index (κ3) is 2.59. The third-order valence-electron chi connectivity index (χ3n) is 3.71. The summed E-state index contributed by atoms with van der Waals surface area (Å²) in [7, 11) is 0. The Morgan fingerprint density at radius 2 is 1.90 bits per heavy atom. The molecule has 0 spiro atoms. The number of hydrogen-bond donors (Lipinski definition) is 1. The topological polar surface area (TPSA) is 55.6 Å². The lowest BCUT2D eigenvalue weighted by molar-refractivity contribution is 0.545. The van der Waals surface area contributed by atoms with Crippen LogP contribution in [0.3, 0.4) is 0 Å². The average molecular weight is 281 g/mol. The molecule has 0 radical (unpaired) electrons. The van der Waals surface area contributed by atoms with Crippen molar-refractivity contribution in [2.24, 2.45) is 0 Å². The van der Waals surface area contributed by atoms with E-state index in [9.17, 15) is 0 Å². The van der Waals surface area contributed by atoms with Gasteiger partial charge in [0.2, 0.25) is 0 Å². The van der Waals surface area contributed by atoms with E-state index in [-0.39, 0.29) is 5.54 Å². The lowest BCUT2D eigenvalue weighted by atomic mass is 10.0. The van der Waals surface area contributed by atoms with E-state index in [0.29, 0.717) is 0 Å². The van der Waals surface area contributed by atoms with Crippen LogP contribution in [-0.2, 0) is 0 Å². The number of fused-ring (bicyclic) bond motifs is 1. The SMILES string of the molecule is CCC(C)(C)Nc1ncnc2c1cnn2-c1ccccc1. The number of anilines is 1. The molecule has 0 bridgehead atoms. The van der Waals surface area contributed by atoms with Gasteiger partial charge in [-0.1, -0.05) is 25.1 Å². The van der Waals surface area contributed by atoms with Gasteiger partial charge < -0.3 is 5.32 Å². The molecule has 0 aliphatic heterocycles. The summed E-state index contributed by atoms with van der Waals surface area (Å²) in [6.07, 6.45) is 4.40. The molecule has 0 unspecified atom stereocenters. The molecule has 0 saturated carbocycles. The molecule has 21 heavy (non-hydrogen) atoms. The number of nitrogens with one attached hydrogen (secondary N) is 1. The predicted octanol–water partition coefficient (Wildman–Crippen LogP) is 3.42. The lowest BCUT2D eigenvalue weighted by Gasteiger charge is -2.25. The number of para-hydroxylation sites is 1. The molecule has 5 heteroatoms. The first kappa shape index (κ1) is 13.5. The summed E-state index contributed by atoms with van der Waals surface area (Å²) in [5.41, 5.74) is 1.79. The van der Waals surface area contributed by atoms with Gasteiger partial charge >= 0.3 is 0 Å². The molecule has 0 saturated heterocycles. The zero-order valence-corrected chi connectivity index (χ0v) is 12.5. The summed E-state index contributed by atoms with van der Waals surface area (Å²) in [5.74, 6) is 0.828. The molecule has 0 fully saturated rings. The summed E-state index contributed by atoms with van der Waals surface area (Å²) in [5, 5.41) is 8.86. The van der Waals surface area contributed by atoms with Crippen LogP contribution in [0.1, 0.15) is 27.2 Å². The largest absolute Gasteiger partial charge is 0.364 e. The first-order chi connectivity index (χ1) is 10.1. The molecule has 2 aromatic heterocycles. The maximum atomic E-state index is 4.46. The van der Waals surface area contributed by atoms with E-state index in [0.717, 1.165) is 29.0 Å². The Hall–Kier alpha value is -2.43. The van der Waals surface area contributed by atoms with Crippen LogP contribution in [0.15, 0.2) is 42.9 Å². The van der Waals surface area contributed by atoms with Gasteiger partial charge in [-0.05, 0) is 32.4 Å². The standard InChI is InChI=1S/C16H19N5/c1-4-16(2,3)20-14-13-10-19-21(15(13)18-11-17-14)12-8-6-5-7-9-12/h5-11H,4H2,1-3H3,(H,17,18,20). The Morgan fingerprint density at radius 1 is 1.14 bits per heavy atom. The number of nitrogens with zero attached hydrogens (tertiary/aromatic N) is 4. The predicted molar refractivity (Wildman–Crippen MR) is 84.7 cm³/mol. The van der Waals surface area contributed by atoms with Crippen molar-refractivity contribution in [3.05, 3.63) is 42.9 Å². The Labute approximate surface area is 124 Å². The second kappa shape index (κ2) is 5.16. The van der Waals surface area contributed by atoms with Crippen LogP contribution in [0, 0.1) is 0 Å². The molecular formula is C16H19N5. The summed E-state index contributed by atoms with van der Waals surface area (Å²) < 4.78 is 1.83. The zero-order valence-electron chi connectivity index (χ0n) is 12.5. The Bertz CT molecular complexity index is 746. The van der Waals surface area contributed by atoms with Gasteiger partial charge in [0.1, 0.15) is 12.1 Å². The third-order valence-corrected chi connectivity index (χ3v) is 3.71. The van der Waals surface area contributed by atoms with Gasteiger partial charge in [-0.2, -0.15) is 5.10 Å². The van der Waals surface area contributed by atoms with Crippen molar-refractivity contribution >= 4 is 16.9 Å². The molecule has 0 amide bonds. The fourth-order valence-corrected chi connectivity index (χ4v) is 2.11. The van der Waals surface area contributed by atoms with Gasteiger partial charge in [0.25, 0.3) is 0 Å². The quantitative estimate of drug-likeness (QED) is 0.796. The highest BCUT2D eigenvalue weighted by Crippen LogP contribution is 2.24. The van der Waals surface area contributed by atoms with E-state index in [1.807, 2.05) is 41.2 Å². The van der Waals surface area contributed by atoms with Crippen LogP contribution in [0.25, 0.3) is 16.7 Å². The fourth-order valence-electron chi connectivity index (χ4n) is 2.11. The number of aromatic nitrogens is 4. The van der Waals surface area contributed by atoms with Gasteiger partial charge in [-0.25, -0.2) is 14.6 Å². The van der Waals surface area contributed by atoms with Crippen LogP contribution in [0.4, 0.5) is 5.82 Å². The minimum Gasteiger partial charge on any atom is -0.364 e. The number of hydrogen-bond acceptors (Lipinski definition) is 4. The smallest absolute Gasteiger partial charge is 0.168 e. The Balaban J connectivity index is 2.09. The van der Waals surface area contributed by atoms with E-state index >= 15 is 0 Å². The second-order valence-corrected chi connectivity index (χ2v) is 5.71. The second-order valence-electron chi connectivity index (χ2n) is 5.71. The van der Waals surface area contributed by atoms with Gasteiger partial charge in [-0.3, -0.25) is 0 Å². The van der Waals surface area contributed by atoms with Crippen LogP contribution in [-0.4, -0.2) is 25.3 Å². The summed E-state index contributed by atoms with van der Waals surface area (Å²) in [6.45, 7) is 6.46. The minimum atomic E-state index is -0.0177. The van der Waals surface area contributed by atoms with E-state index < -0.39 is 0 Å². The Morgan fingerprint density at radius 3 is 2.62 bits per heavy atom. The summed E-state index contributed by atoms with van der Waals surface area (Å²) in [4.78, 5) is 8.75.